The van der Waals surface area contributed by atoms with Gasteiger partial charge >= 0.3 is 6.36 Å². The van der Waals surface area contributed by atoms with Gasteiger partial charge in [0.1, 0.15) is 5.75 Å². The second-order valence-electron chi connectivity index (χ2n) is 8.88. The van der Waals surface area contributed by atoms with E-state index in [0.29, 0.717) is 38.4 Å². The highest BCUT2D eigenvalue weighted by molar-refractivity contribution is 5.92. The molecule has 2 aromatic rings. The van der Waals surface area contributed by atoms with Crippen molar-refractivity contribution in [2.45, 2.75) is 31.7 Å². The Kier molecular flexibility index (Phi) is 7.92. The lowest BCUT2D eigenvalue weighted by atomic mass is 9.88. The number of ether oxygens (including phenoxy) is 1. The van der Waals surface area contributed by atoms with Crippen LogP contribution in [0.25, 0.3) is 0 Å². The van der Waals surface area contributed by atoms with E-state index in [-0.39, 0.29) is 30.2 Å². The van der Waals surface area contributed by atoms with Gasteiger partial charge in [0, 0.05) is 31.9 Å². The third-order valence-corrected chi connectivity index (χ3v) is 6.28. The molecule has 4 rings (SSSR count). The molecule has 2 aromatic carbocycles. The maximum atomic E-state index is 12.7. The van der Waals surface area contributed by atoms with Crippen LogP contribution in [0.1, 0.15) is 30.0 Å². The number of benzene rings is 2. The Morgan fingerprint density at radius 1 is 0.914 bits per heavy atom. The lowest BCUT2D eigenvalue weighted by molar-refractivity contribution is -0.274. The lowest BCUT2D eigenvalue weighted by Gasteiger charge is -2.34. The molecule has 10 heteroatoms. The van der Waals surface area contributed by atoms with Crippen LogP contribution < -0.4 is 15.4 Å². The lowest BCUT2D eigenvalue weighted by Crippen LogP contribution is -2.51. The summed E-state index contributed by atoms with van der Waals surface area (Å²) in [5.74, 6) is -0.587. The monoisotopic (exact) mass is 490 g/mol. The molecule has 1 fully saturated rings. The summed E-state index contributed by atoms with van der Waals surface area (Å²) in [4.78, 5) is 29.1. The minimum Gasteiger partial charge on any atom is -0.406 e. The predicted octanol–water partition coefficient (Wildman–Crippen LogP) is 3.34. The molecular formula is C25H29F3N4O3. The summed E-state index contributed by atoms with van der Waals surface area (Å²) < 4.78 is 40.6. The van der Waals surface area contributed by atoms with Crippen molar-refractivity contribution in [2.24, 2.45) is 0 Å². The highest BCUT2D eigenvalue weighted by Crippen LogP contribution is 2.29. The largest absolute Gasteiger partial charge is 0.573 e. The van der Waals surface area contributed by atoms with Crippen LogP contribution in [0, 0.1) is 0 Å². The van der Waals surface area contributed by atoms with Crippen LogP contribution >= 0.6 is 0 Å². The van der Waals surface area contributed by atoms with Gasteiger partial charge in [-0.3, -0.25) is 19.4 Å². The van der Waals surface area contributed by atoms with E-state index in [4.69, 9.17) is 0 Å². The first-order valence-electron chi connectivity index (χ1n) is 11.7. The molecule has 0 spiro atoms. The van der Waals surface area contributed by atoms with Crippen molar-refractivity contribution in [1.29, 1.82) is 0 Å². The second kappa shape index (κ2) is 11.1. The van der Waals surface area contributed by atoms with Gasteiger partial charge in [0.2, 0.25) is 11.8 Å². The Labute approximate surface area is 202 Å². The zero-order valence-corrected chi connectivity index (χ0v) is 19.3. The number of carbonyl (C=O) groups is 2. The van der Waals surface area contributed by atoms with Gasteiger partial charge in [-0.15, -0.1) is 13.2 Å². The van der Waals surface area contributed by atoms with Crippen molar-refractivity contribution in [3.05, 3.63) is 59.7 Å². The van der Waals surface area contributed by atoms with Gasteiger partial charge in [0.05, 0.1) is 19.1 Å². The number of halogens is 3. The fraction of sp³-hybridized carbons (Fsp3) is 0.440. The molecule has 1 saturated heterocycles. The first-order valence-corrected chi connectivity index (χ1v) is 11.7. The van der Waals surface area contributed by atoms with E-state index in [9.17, 15) is 22.8 Å². The number of rotatable bonds is 7. The number of piperazine rings is 1. The summed E-state index contributed by atoms with van der Waals surface area (Å²) in [6, 6.07) is 13.3. The number of nitrogens with one attached hydrogen (secondary N) is 2. The summed E-state index contributed by atoms with van der Waals surface area (Å²) in [6.45, 7) is 3.12. The molecule has 2 N–H and O–H groups in total. The molecule has 0 bridgehead atoms. The van der Waals surface area contributed by atoms with Crippen LogP contribution in [-0.4, -0.2) is 67.2 Å². The maximum Gasteiger partial charge on any atom is 0.573 e. The zero-order chi connectivity index (χ0) is 24.8. The highest BCUT2D eigenvalue weighted by atomic mass is 19.4. The second-order valence-corrected chi connectivity index (χ2v) is 8.88. The van der Waals surface area contributed by atoms with Crippen molar-refractivity contribution in [3.8, 4) is 5.75 Å². The van der Waals surface area contributed by atoms with Crippen LogP contribution in [0.4, 0.5) is 18.9 Å². The first-order chi connectivity index (χ1) is 16.7. The van der Waals surface area contributed by atoms with Crippen LogP contribution in [0.5, 0.6) is 5.75 Å². The normalized spacial score (nSPS) is 19.0. The van der Waals surface area contributed by atoms with E-state index in [0.717, 1.165) is 31.4 Å². The quantitative estimate of drug-likeness (QED) is 0.623. The molecule has 1 aliphatic heterocycles. The molecule has 1 heterocycles. The molecule has 0 radical (unpaired) electrons. The average Bonchev–Trinajstić information content (AvgIpc) is 2.81. The fourth-order valence-corrected chi connectivity index (χ4v) is 4.60. The molecule has 1 unspecified atom stereocenters. The van der Waals surface area contributed by atoms with E-state index < -0.39 is 6.36 Å². The Morgan fingerprint density at radius 3 is 2.20 bits per heavy atom. The van der Waals surface area contributed by atoms with Crippen molar-refractivity contribution in [3.63, 3.8) is 0 Å². The molecule has 1 aliphatic carbocycles. The highest BCUT2D eigenvalue weighted by Gasteiger charge is 2.31. The van der Waals surface area contributed by atoms with Crippen molar-refractivity contribution in [2.75, 3.05) is 44.6 Å². The number of fused-ring (bicyclic) bond motifs is 1. The summed E-state index contributed by atoms with van der Waals surface area (Å²) >= 11 is 0. The zero-order valence-electron chi connectivity index (χ0n) is 19.3. The van der Waals surface area contributed by atoms with Crippen molar-refractivity contribution >= 4 is 17.5 Å². The molecule has 2 amide bonds. The Hall–Kier alpha value is -3.11. The van der Waals surface area contributed by atoms with Gasteiger partial charge in [-0.2, -0.15) is 0 Å². The van der Waals surface area contributed by atoms with Crippen molar-refractivity contribution < 1.29 is 27.5 Å². The van der Waals surface area contributed by atoms with E-state index in [1.165, 1.54) is 23.3 Å². The third-order valence-electron chi connectivity index (χ3n) is 6.28. The maximum absolute atomic E-state index is 12.7. The van der Waals surface area contributed by atoms with Crippen LogP contribution in [0.3, 0.4) is 0 Å². The Morgan fingerprint density at radius 2 is 1.54 bits per heavy atom. The Balaban J connectivity index is 1.17. The summed E-state index contributed by atoms with van der Waals surface area (Å²) in [7, 11) is 0. The molecule has 0 saturated carbocycles. The van der Waals surface area contributed by atoms with Gasteiger partial charge in [-0.25, -0.2) is 0 Å². The fourth-order valence-electron chi connectivity index (χ4n) is 4.60. The molecule has 2 aliphatic rings. The molecule has 0 aromatic heterocycles. The molecule has 7 nitrogen and oxygen atoms in total. The third kappa shape index (κ3) is 7.43. The number of hydrogen-bond acceptors (Lipinski definition) is 5. The first kappa shape index (κ1) is 25.0. The number of nitrogens with zero attached hydrogens (tertiary/aromatic N) is 2. The van der Waals surface area contributed by atoms with Crippen LogP contribution in [-0.2, 0) is 16.0 Å². The van der Waals surface area contributed by atoms with E-state index >= 15 is 0 Å². The predicted molar refractivity (Wildman–Crippen MR) is 125 cm³/mol. The van der Waals surface area contributed by atoms with Crippen molar-refractivity contribution in [1.82, 2.24) is 15.1 Å². The van der Waals surface area contributed by atoms with Gasteiger partial charge in [-0.05, 0) is 54.7 Å². The molecule has 1 atom stereocenters. The number of carbonyl (C=O) groups excluding carboxylic acids is 2. The summed E-state index contributed by atoms with van der Waals surface area (Å²) in [5.41, 5.74) is 2.91. The van der Waals surface area contributed by atoms with Gasteiger partial charge in [-0.1, -0.05) is 24.3 Å². The minimum atomic E-state index is -4.76. The number of anilines is 1. The smallest absolute Gasteiger partial charge is 0.406 e. The van der Waals surface area contributed by atoms with Gasteiger partial charge < -0.3 is 15.4 Å². The number of hydrogen-bond donors (Lipinski definition) is 2. The van der Waals surface area contributed by atoms with E-state index in [2.05, 4.69) is 32.4 Å². The molecule has 188 valence electrons. The van der Waals surface area contributed by atoms with Crippen LogP contribution in [0.2, 0.25) is 0 Å². The molecule has 35 heavy (non-hydrogen) atoms. The average molecular weight is 491 g/mol. The van der Waals surface area contributed by atoms with E-state index in [1.807, 2.05) is 17.0 Å². The minimum absolute atomic E-state index is 0.0100. The molecular weight excluding hydrogens is 461 g/mol. The number of aryl methyl sites for hydroxylation is 1. The van der Waals surface area contributed by atoms with Crippen LogP contribution in [0.15, 0.2) is 48.5 Å². The summed E-state index contributed by atoms with van der Waals surface area (Å²) in [6.07, 6.45) is -1.69. The van der Waals surface area contributed by atoms with Gasteiger partial charge in [0.25, 0.3) is 0 Å². The topological polar surface area (TPSA) is 73.9 Å². The number of alkyl halides is 3. The SMILES string of the molecule is O=C(CN1CCN(CC(=O)NC2CCCc3ccccc32)CC1)Nc1ccc(OC(F)(F)F)cc1. The Bertz CT molecular complexity index is 1020. The van der Waals surface area contributed by atoms with E-state index in [1.54, 1.807) is 0 Å². The summed E-state index contributed by atoms with van der Waals surface area (Å²) in [5, 5.41) is 5.86. The standard InChI is InChI=1S/C25H29F3N4O3/c26-25(27,28)35-20-10-8-19(9-11-20)29-23(33)16-31-12-14-32(15-13-31)17-24(34)30-22-7-3-5-18-4-1-2-6-21(18)22/h1-2,4,6,8-11,22H,3,5,7,12-17H2,(H,29,33)(H,30,34). The van der Waals surface area contributed by atoms with Gasteiger partial charge in [0.15, 0.2) is 0 Å². The number of amides is 2.